The van der Waals surface area contributed by atoms with E-state index in [1.165, 1.54) is 5.69 Å². The third-order valence-electron chi connectivity index (χ3n) is 4.64. The number of carbonyl (C=O) groups excluding carboxylic acids is 1. The Balaban J connectivity index is 1.40. The minimum Gasteiger partial charge on any atom is -0.336 e. The van der Waals surface area contributed by atoms with Gasteiger partial charge in [0.1, 0.15) is 5.65 Å². The van der Waals surface area contributed by atoms with Gasteiger partial charge in [-0.15, -0.1) is 0 Å². The summed E-state index contributed by atoms with van der Waals surface area (Å²) in [5.74, 6) is 0.138. The van der Waals surface area contributed by atoms with E-state index in [1.54, 1.807) is 0 Å². The molecule has 3 heterocycles. The molecule has 1 amide bonds. The molecule has 1 aromatic carbocycles. The summed E-state index contributed by atoms with van der Waals surface area (Å²) in [7, 11) is 0. The second-order valence-electron chi connectivity index (χ2n) is 6.23. The lowest BCUT2D eigenvalue weighted by atomic mass is 10.2. The molecule has 1 aliphatic heterocycles. The van der Waals surface area contributed by atoms with Gasteiger partial charge < -0.3 is 9.30 Å². The fourth-order valence-corrected chi connectivity index (χ4v) is 3.86. The number of pyridine rings is 1. The fourth-order valence-electron chi connectivity index (χ4n) is 3.25. The lowest BCUT2D eigenvalue weighted by Crippen LogP contribution is -2.48. The number of hydrogen-bond donors (Lipinski definition) is 0. The largest absolute Gasteiger partial charge is 0.336 e. The van der Waals surface area contributed by atoms with Gasteiger partial charge >= 0.3 is 0 Å². The second-order valence-corrected chi connectivity index (χ2v) is 7.39. The van der Waals surface area contributed by atoms with E-state index in [4.69, 9.17) is 0 Å². The molecular formula is C19H19IN4O. The van der Waals surface area contributed by atoms with Crippen LogP contribution >= 0.6 is 22.6 Å². The number of benzene rings is 1. The summed E-state index contributed by atoms with van der Waals surface area (Å²) >= 11 is 2.23. The third kappa shape index (κ3) is 3.41. The molecule has 0 saturated carbocycles. The maximum atomic E-state index is 12.7. The molecule has 5 nitrogen and oxygen atoms in total. The number of rotatable bonds is 3. The van der Waals surface area contributed by atoms with Crippen LogP contribution < -0.4 is 0 Å². The number of imidazole rings is 1. The zero-order valence-corrected chi connectivity index (χ0v) is 16.0. The topological polar surface area (TPSA) is 40.9 Å². The maximum Gasteiger partial charge on any atom is 0.255 e. The highest BCUT2D eigenvalue weighted by atomic mass is 127. The van der Waals surface area contributed by atoms with Gasteiger partial charge in [-0.1, -0.05) is 18.2 Å². The van der Waals surface area contributed by atoms with Gasteiger partial charge in [0.15, 0.2) is 0 Å². The van der Waals surface area contributed by atoms with Crippen molar-refractivity contribution in [2.24, 2.45) is 0 Å². The summed E-state index contributed by atoms with van der Waals surface area (Å²) < 4.78 is 3.14. The number of hydrogen-bond acceptors (Lipinski definition) is 3. The van der Waals surface area contributed by atoms with Crippen LogP contribution in [-0.4, -0.2) is 51.3 Å². The van der Waals surface area contributed by atoms with Crippen LogP contribution in [0, 0.1) is 3.57 Å². The third-order valence-corrected chi connectivity index (χ3v) is 5.58. The predicted molar refractivity (Wildman–Crippen MR) is 106 cm³/mol. The van der Waals surface area contributed by atoms with Crippen LogP contribution in [0.2, 0.25) is 0 Å². The monoisotopic (exact) mass is 446 g/mol. The Hall–Kier alpha value is -1.93. The first-order valence-corrected chi connectivity index (χ1v) is 9.47. The second kappa shape index (κ2) is 7.13. The van der Waals surface area contributed by atoms with Gasteiger partial charge in [-0.3, -0.25) is 9.69 Å². The number of aromatic nitrogens is 2. The molecule has 0 bridgehead atoms. The highest BCUT2D eigenvalue weighted by molar-refractivity contribution is 14.1. The van der Waals surface area contributed by atoms with Crippen molar-refractivity contribution in [2.45, 2.75) is 6.54 Å². The lowest BCUT2D eigenvalue weighted by Gasteiger charge is -2.34. The Morgan fingerprint density at radius 2 is 1.80 bits per heavy atom. The number of amides is 1. The van der Waals surface area contributed by atoms with E-state index in [0.717, 1.165) is 47.5 Å². The molecule has 0 N–H and O–H groups in total. The van der Waals surface area contributed by atoms with Gasteiger partial charge in [-0.25, -0.2) is 4.98 Å². The van der Waals surface area contributed by atoms with E-state index >= 15 is 0 Å². The van der Waals surface area contributed by atoms with Gasteiger partial charge in [0, 0.05) is 42.5 Å². The summed E-state index contributed by atoms with van der Waals surface area (Å²) in [6.07, 6.45) is 3.99. The summed E-state index contributed by atoms with van der Waals surface area (Å²) in [5, 5.41) is 0. The standard InChI is InChI=1S/C19H19IN4O/c20-17-6-2-1-5-16(17)19(25)23-11-9-22(10-12-23)14-15-13-21-18-7-3-4-8-24(15)18/h1-8,13H,9-12,14H2. The Morgan fingerprint density at radius 1 is 1.04 bits per heavy atom. The van der Waals surface area contributed by atoms with Crippen molar-refractivity contribution in [3.8, 4) is 0 Å². The van der Waals surface area contributed by atoms with Gasteiger partial charge in [-0.2, -0.15) is 0 Å². The molecule has 0 aliphatic carbocycles. The van der Waals surface area contributed by atoms with Gasteiger partial charge in [-0.05, 0) is 46.9 Å². The summed E-state index contributed by atoms with van der Waals surface area (Å²) in [6, 6.07) is 13.8. The molecule has 0 unspecified atom stereocenters. The molecule has 6 heteroatoms. The Morgan fingerprint density at radius 3 is 2.60 bits per heavy atom. The van der Waals surface area contributed by atoms with Gasteiger partial charge in [0.05, 0.1) is 17.5 Å². The fraction of sp³-hybridized carbons (Fsp3) is 0.263. The molecule has 0 spiro atoms. The number of nitrogens with zero attached hydrogens (tertiary/aromatic N) is 4. The summed E-state index contributed by atoms with van der Waals surface area (Å²) in [6.45, 7) is 4.15. The molecule has 25 heavy (non-hydrogen) atoms. The predicted octanol–water partition coefficient (Wildman–Crippen LogP) is 2.90. The number of fused-ring (bicyclic) bond motifs is 1. The molecule has 0 radical (unpaired) electrons. The van der Waals surface area contributed by atoms with Crippen molar-refractivity contribution >= 4 is 34.1 Å². The lowest BCUT2D eigenvalue weighted by molar-refractivity contribution is 0.0625. The van der Waals surface area contributed by atoms with Gasteiger partial charge in [0.2, 0.25) is 0 Å². The van der Waals surface area contributed by atoms with E-state index in [9.17, 15) is 4.79 Å². The van der Waals surface area contributed by atoms with E-state index in [0.29, 0.717) is 0 Å². The highest BCUT2D eigenvalue weighted by Crippen LogP contribution is 2.16. The van der Waals surface area contributed by atoms with E-state index < -0.39 is 0 Å². The Kier molecular flexibility index (Phi) is 4.72. The minimum absolute atomic E-state index is 0.138. The van der Waals surface area contributed by atoms with Crippen LogP contribution in [0.1, 0.15) is 16.1 Å². The molecule has 1 fully saturated rings. The van der Waals surface area contributed by atoms with Crippen molar-refractivity contribution in [3.63, 3.8) is 0 Å². The average molecular weight is 446 g/mol. The van der Waals surface area contributed by atoms with E-state index in [1.807, 2.05) is 53.6 Å². The van der Waals surface area contributed by atoms with Crippen molar-refractivity contribution in [3.05, 3.63) is 69.7 Å². The van der Waals surface area contributed by atoms with Crippen LogP contribution in [-0.2, 0) is 6.54 Å². The van der Waals surface area contributed by atoms with Crippen LogP contribution in [0.5, 0.6) is 0 Å². The maximum absolute atomic E-state index is 12.7. The van der Waals surface area contributed by atoms with Crippen molar-refractivity contribution < 1.29 is 4.79 Å². The first kappa shape index (κ1) is 16.5. The van der Waals surface area contributed by atoms with E-state index in [2.05, 4.69) is 43.1 Å². The van der Waals surface area contributed by atoms with Crippen LogP contribution in [0.4, 0.5) is 0 Å². The first-order valence-electron chi connectivity index (χ1n) is 8.39. The molecule has 128 valence electrons. The van der Waals surface area contributed by atoms with E-state index in [-0.39, 0.29) is 5.91 Å². The molecule has 2 aromatic heterocycles. The zero-order valence-electron chi connectivity index (χ0n) is 13.8. The molecule has 3 aromatic rings. The van der Waals surface area contributed by atoms with Crippen molar-refractivity contribution in [1.29, 1.82) is 0 Å². The smallest absolute Gasteiger partial charge is 0.255 e. The zero-order chi connectivity index (χ0) is 17.2. The van der Waals surface area contributed by atoms with Crippen LogP contribution in [0.15, 0.2) is 54.9 Å². The molecule has 0 atom stereocenters. The first-order chi connectivity index (χ1) is 12.2. The normalized spacial score (nSPS) is 15.6. The van der Waals surface area contributed by atoms with Crippen LogP contribution in [0.3, 0.4) is 0 Å². The SMILES string of the molecule is O=C(c1ccccc1I)N1CCN(Cc2cnc3ccccn23)CC1. The van der Waals surface area contributed by atoms with Crippen molar-refractivity contribution in [2.75, 3.05) is 26.2 Å². The van der Waals surface area contributed by atoms with Crippen LogP contribution in [0.25, 0.3) is 5.65 Å². The Labute approximate surface area is 160 Å². The Bertz CT molecular complexity index is 899. The summed E-state index contributed by atoms with van der Waals surface area (Å²) in [4.78, 5) is 21.5. The molecule has 1 saturated heterocycles. The minimum atomic E-state index is 0.138. The van der Waals surface area contributed by atoms with Crippen molar-refractivity contribution in [1.82, 2.24) is 19.2 Å². The highest BCUT2D eigenvalue weighted by Gasteiger charge is 2.23. The average Bonchev–Trinajstić information content (AvgIpc) is 3.05. The van der Waals surface area contributed by atoms with Gasteiger partial charge in [0.25, 0.3) is 5.91 Å². The number of carbonyl (C=O) groups is 1. The molecule has 1 aliphatic rings. The quantitative estimate of drug-likeness (QED) is 0.582. The summed E-state index contributed by atoms with van der Waals surface area (Å²) in [5.41, 5.74) is 2.97. The molecule has 4 rings (SSSR count). The number of halogens is 1. The molecular weight excluding hydrogens is 427 g/mol. The number of piperazine rings is 1.